The fourth-order valence-corrected chi connectivity index (χ4v) is 2.85. The molecule has 0 heterocycles. The van der Waals surface area contributed by atoms with Gasteiger partial charge in [-0.3, -0.25) is 4.72 Å². The van der Waals surface area contributed by atoms with E-state index in [1.54, 1.807) is 12.1 Å². The largest absolute Gasteiger partial charge is 0.396 e. The molecule has 108 valence electrons. The average Bonchev–Trinajstić information content (AvgIpc) is 2.28. The summed E-state index contributed by atoms with van der Waals surface area (Å²) in [6.07, 6.45) is 0.968. The number of aliphatic hydroxyl groups is 1. The zero-order chi connectivity index (χ0) is 14.5. The molecule has 0 aliphatic heterocycles. The maximum absolute atomic E-state index is 11.8. The molecular formula is C14H23NO3S. The molecule has 0 atom stereocenters. The molecule has 5 heteroatoms. The molecule has 0 radical (unpaired) electrons. The van der Waals surface area contributed by atoms with Gasteiger partial charge in [0.25, 0.3) is 0 Å². The van der Waals surface area contributed by atoms with Crippen LogP contribution in [0.5, 0.6) is 0 Å². The summed E-state index contributed by atoms with van der Waals surface area (Å²) in [5.74, 6) is 0.0363. The number of sulfonamides is 1. The van der Waals surface area contributed by atoms with Crippen LogP contribution in [-0.4, -0.2) is 25.9 Å². The van der Waals surface area contributed by atoms with Crippen LogP contribution in [0.3, 0.4) is 0 Å². The van der Waals surface area contributed by atoms with E-state index >= 15 is 0 Å². The third-order valence-corrected chi connectivity index (χ3v) is 4.22. The van der Waals surface area contributed by atoms with Crippen LogP contribution in [0.2, 0.25) is 0 Å². The summed E-state index contributed by atoms with van der Waals surface area (Å²) in [7, 11) is -3.32. The maximum Gasteiger partial charge on any atom is 0.232 e. The van der Waals surface area contributed by atoms with E-state index in [-0.39, 0.29) is 17.8 Å². The van der Waals surface area contributed by atoms with Crippen LogP contribution in [0.15, 0.2) is 24.3 Å². The molecule has 1 rings (SSSR count). The molecule has 0 aliphatic rings. The van der Waals surface area contributed by atoms with Crippen molar-refractivity contribution in [1.82, 2.24) is 0 Å². The summed E-state index contributed by atoms with van der Waals surface area (Å²) in [6, 6.07) is 7.44. The molecule has 0 fully saturated rings. The summed E-state index contributed by atoms with van der Waals surface area (Å²) in [5.41, 5.74) is 1.80. The molecule has 0 aliphatic carbocycles. The van der Waals surface area contributed by atoms with E-state index in [9.17, 15) is 8.42 Å². The molecule has 2 N–H and O–H groups in total. The fourth-order valence-electron chi connectivity index (χ4n) is 1.67. The molecule has 0 unspecified atom stereocenters. The number of aliphatic hydroxyl groups excluding tert-OH is 1. The molecule has 0 saturated heterocycles. The van der Waals surface area contributed by atoms with Gasteiger partial charge in [0, 0.05) is 12.3 Å². The molecule has 0 amide bonds. The zero-order valence-corrected chi connectivity index (χ0v) is 12.6. The van der Waals surface area contributed by atoms with Gasteiger partial charge in [-0.25, -0.2) is 8.42 Å². The van der Waals surface area contributed by atoms with E-state index in [2.05, 4.69) is 25.5 Å². The predicted molar refractivity (Wildman–Crippen MR) is 78.9 cm³/mol. The molecule has 0 saturated carbocycles. The van der Waals surface area contributed by atoms with Gasteiger partial charge in [0.15, 0.2) is 0 Å². The number of unbranched alkanes of at least 4 members (excludes halogenated alkanes) is 1. The molecule has 1 aromatic rings. The highest BCUT2D eigenvalue weighted by Crippen LogP contribution is 2.23. The first kappa shape index (κ1) is 16.0. The smallest absolute Gasteiger partial charge is 0.232 e. The highest BCUT2D eigenvalue weighted by atomic mass is 32.2. The van der Waals surface area contributed by atoms with E-state index in [0.717, 1.165) is 5.56 Å². The lowest BCUT2D eigenvalue weighted by atomic mass is 9.87. The first-order valence-corrected chi connectivity index (χ1v) is 8.12. The quantitative estimate of drug-likeness (QED) is 0.789. The van der Waals surface area contributed by atoms with E-state index in [1.165, 1.54) is 0 Å². The Morgan fingerprint density at radius 1 is 1.11 bits per heavy atom. The van der Waals surface area contributed by atoms with Crippen molar-refractivity contribution in [3.8, 4) is 0 Å². The zero-order valence-electron chi connectivity index (χ0n) is 11.8. The molecule has 0 spiro atoms. The van der Waals surface area contributed by atoms with E-state index in [1.807, 2.05) is 12.1 Å². The van der Waals surface area contributed by atoms with Gasteiger partial charge < -0.3 is 5.11 Å². The number of rotatable bonds is 6. The number of benzene rings is 1. The Kier molecular flexibility index (Phi) is 5.38. The molecule has 4 nitrogen and oxygen atoms in total. The highest BCUT2D eigenvalue weighted by molar-refractivity contribution is 7.92. The average molecular weight is 285 g/mol. The SMILES string of the molecule is CC(C)(C)c1ccc(NS(=O)(=O)CCCCO)cc1. The van der Waals surface area contributed by atoms with Crippen molar-refractivity contribution in [2.24, 2.45) is 0 Å². The minimum Gasteiger partial charge on any atom is -0.396 e. The van der Waals surface area contributed by atoms with Crippen LogP contribution < -0.4 is 4.72 Å². The second-order valence-corrected chi connectivity index (χ2v) is 7.52. The standard InChI is InChI=1S/C14H23NO3S/c1-14(2,3)12-6-8-13(9-7-12)15-19(17,18)11-5-4-10-16/h6-9,15-16H,4-5,10-11H2,1-3H3. The van der Waals surface area contributed by atoms with Crippen LogP contribution >= 0.6 is 0 Å². The first-order valence-electron chi connectivity index (χ1n) is 6.46. The predicted octanol–water partition coefficient (Wildman–Crippen LogP) is 2.50. The fraction of sp³-hybridized carbons (Fsp3) is 0.571. The van der Waals surface area contributed by atoms with Crippen LogP contribution in [-0.2, 0) is 15.4 Å². The molecule has 19 heavy (non-hydrogen) atoms. The van der Waals surface area contributed by atoms with Gasteiger partial charge in [-0.05, 0) is 36.0 Å². The first-order chi connectivity index (χ1) is 8.74. The summed E-state index contributed by atoms with van der Waals surface area (Å²) in [6.45, 7) is 6.36. The Balaban J connectivity index is 2.67. The van der Waals surface area contributed by atoms with Gasteiger partial charge in [-0.15, -0.1) is 0 Å². The van der Waals surface area contributed by atoms with Gasteiger partial charge >= 0.3 is 0 Å². The number of hydrogen-bond acceptors (Lipinski definition) is 3. The number of anilines is 1. The summed E-state index contributed by atoms with van der Waals surface area (Å²) in [5, 5.41) is 8.64. The minimum absolute atomic E-state index is 0.0236. The van der Waals surface area contributed by atoms with Gasteiger partial charge in [-0.1, -0.05) is 32.9 Å². The van der Waals surface area contributed by atoms with Gasteiger partial charge in [0.1, 0.15) is 0 Å². The highest BCUT2D eigenvalue weighted by Gasteiger charge is 2.14. The van der Waals surface area contributed by atoms with Crippen molar-refractivity contribution >= 4 is 15.7 Å². The summed E-state index contributed by atoms with van der Waals surface area (Å²) in [4.78, 5) is 0. The van der Waals surface area contributed by atoms with Crippen molar-refractivity contribution in [2.45, 2.75) is 39.0 Å². The lowest BCUT2D eigenvalue weighted by molar-refractivity contribution is 0.287. The topological polar surface area (TPSA) is 66.4 Å². The molecule has 0 aromatic heterocycles. The van der Waals surface area contributed by atoms with Crippen LogP contribution in [0.4, 0.5) is 5.69 Å². The summed E-state index contributed by atoms with van der Waals surface area (Å²) < 4.78 is 26.1. The van der Waals surface area contributed by atoms with Crippen LogP contribution in [0.1, 0.15) is 39.2 Å². The Morgan fingerprint density at radius 3 is 2.16 bits per heavy atom. The third kappa shape index (κ3) is 5.61. The second-order valence-electron chi connectivity index (χ2n) is 5.68. The van der Waals surface area contributed by atoms with Gasteiger partial charge in [0.2, 0.25) is 10.0 Å². The van der Waals surface area contributed by atoms with Crippen molar-refractivity contribution in [2.75, 3.05) is 17.1 Å². The maximum atomic E-state index is 11.8. The van der Waals surface area contributed by atoms with Crippen molar-refractivity contribution in [3.63, 3.8) is 0 Å². The molecule has 1 aromatic carbocycles. The van der Waals surface area contributed by atoms with Gasteiger partial charge in [0.05, 0.1) is 5.75 Å². The van der Waals surface area contributed by atoms with Crippen LogP contribution in [0, 0.1) is 0 Å². The van der Waals surface area contributed by atoms with Gasteiger partial charge in [-0.2, -0.15) is 0 Å². The molecular weight excluding hydrogens is 262 g/mol. The Hall–Kier alpha value is -1.07. The Labute approximate surface area is 115 Å². The van der Waals surface area contributed by atoms with Crippen LogP contribution in [0.25, 0.3) is 0 Å². The summed E-state index contributed by atoms with van der Waals surface area (Å²) >= 11 is 0. The monoisotopic (exact) mass is 285 g/mol. The lowest BCUT2D eigenvalue weighted by Gasteiger charge is -2.19. The van der Waals surface area contributed by atoms with E-state index in [4.69, 9.17) is 5.11 Å². The van der Waals surface area contributed by atoms with Crippen molar-refractivity contribution < 1.29 is 13.5 Å². The van der Waals surface area contributed by atoms with E-state index < -0.39 is 10.0 Å². The lowest BCUT2D eigenvalue weighted by Crippen LogP contribution is -2.17. The van der Waals surface area contributed by atoms with Crippen molar-refractivity contribution in [3.05, 3.63) is 29.8 Å². The number of hydrogen-bond donors (Lipinski definition) is 2. The number of nitrogens with one attached hydrogen (secondary N) is 1. The Morgan fingerprint density at radius 2 is 1.68 bits per heavy atom. The Bertz CT molecular complexity index is 486. The normalized spacial score (nSPS) is 12.4. The van der Waals surface area contributed by atoms with E-state index in [0.29, 0.717) is 18.5 Å². The second kappa shape index (κ2) is 6.39. The minimum atomic E-state index is -3.32. The third-order valence-electron chi connectivity index (χ3n) is 2.85. The van der Waals surface area contributed by atoms with Crippen molar-refractivity contribution in [1.29, 1.82) is 0 Å². The molecule has 0 bridgehead atoms.